The quantitative estimate of drug-likeness (QED) is 0.225. The Balaban J connectivity index is 1.36. The lowest BCUT2D eigenvalue weighted by molar-refractivity contribution is -0.138. The van der Waals surface area contributed by atoms with Crippen LogP contribution in [0.15, 0.2) is 103 Å². The number of para-hydroxylation sites is 1. The van der Waals surface area contributed by atoms with Gasteiger partial charge in [-0.25, -0.2) is 9.48 Å². The highest BCUT2D eigenvalue weighted by molar-refractivity contribution is 7.13. The highest BCUT2D eigenvalue weighted by Gasteiger charge is 2.12. The van der Waals surface area contributed by atoms with Crippen LogP contribution in [-0.4, -0.2) is 15.7 Å². The molecule has 0 saturated heterocycles. The SMILES string of the molecule is O=C(C=Cc1cn(-c2ccccc2)nc1-c1cccs1)OCc1cccc2ccccc12. The molecule has 0 aliphatic carbocycles. The molecule has 0 amide bonds. The van der Waals surface area contributed by atoms with E-state index in [1.165, 1.54) is 6.08 Å². The smallest absolute Gasteiger partial charge is 0.331 e. The van der Waals surface area contributed by atoms with E-state index >= 15 is 0 Å². The predicted octanol–water partition coefficient (Wildman–Crippen LogP) is 6.51. The molecule has 0 unspecified atom stereocenters. The maximum Gasteiger partial charge on any atom is 0.331 e. The van der Waals surface area contributed by atoms with Crippen LogP contribution in [0.4, 0.5) is 0 Å². The first-order valence-corrected chi connectivity index (χ1v) is 11.2. The second-order valence-electron chi connectivity index (χ2n) is 7.27. The minimum Gasteiger partial charge on any atom is -0.458 e. The van der Waals surface area contributed by atoms with E-state index in [0.29, 0.717) is 0 Å². The molecule has 0 N–H and O–H groups in total. The summed E-state index contributed by atoms with van der Waals surface area (Å²) in [6, 6.07) is 28.0. The van der Waals surface area contributed by atoms with Crippen molar-refractivity contribution in [2.24, 2.45) is 0 Å². The average molecular weight is 437 g/mol. The molecular formula is C27H20N2O2S. The van der Waals surface area contributed by atoms with Gasteiger partial charge in [0.15, 0.2) is 0 Å². The number of ether oxygens (including phenoxy) is 1. The van der Waals surface area contributed by atoms with Gasteiger partial charge in [-0.2, -0.15) is 5.10 Å². The molecule has 4 nitrogen and oxygen atoms in total. The lowest BCUT2D eigenvalue weighted by Gasteiger charge is -2.06. The molecule has 0 bridgehead atoms. The molecule has 5 heteroatoms. The number of fused-ring (bicyclic) bond motifs is 1. The fourth-order valence-electron chi connectivity index (χ4n) is 3.60. The first-order chi connectivity index (χ1) is 15.8. The number of aromatic nitrogens is 2. The number of carbonyl (C=O) groups is 1. The monoisotopic (exact) mass is 436 g/mol. The van der Waals surface area contributed by atoms with E-state index in [9.17, 15) is 4.79 Å². The Kier molecular flexibility index (Phi) is 5.64. The van der Waals surface area contributed by atoms with E-state index in [1.807, 2.05) is 89.1 Å². The van der Waals surface area contributed by atoms with Gasteiger partial charge in [0.2, 0.25) is 0 Å². The van der Waals surface area contributed by atoms with Gasteiger partial charge in [0.1, 0.15) is 12.3 Å². The highest BCUT2D eigenvalue weighted by atomic mass is 32.1. The number of thiophene rings is 1. The molecule has 0 saturated carbocycles. The van der Waals surface area contributed by atoms with Crippen molar-refractivity contribution in [1.29, 1.82) is 0 Å². The van der Waals surface area contributed by atoms with Crippen molar-refractivity contribution in [2.75, 3.05) is 0 Å². The van der Waals surface area contributed by atoms with Gasteiger partial charge < -0.3 is 4.74 Å². The Bertz CT molecular complexity index is 1380. The van der Waals surface area contributed by atoms with Crippen LogP contribution in [0.25, 0.3) is 33.1 Å². The Labute approximate surface area is 190 Å². The van der Waals surface area contributed by atoms with Gasteiger partial charge >= 0.3 is 5.97 Å². The normalized spacial score (nSPS) is 11.2. The predicted molar refractivity (Wildman–Crippen MR) is 130 cm³/mol. The summed E-state index contributed by atoms with van der Waals surface area (Å²) < 4.78 is 7.36. The van der Waals surface area contributed by atoms with Gasteiger partial charge in [0.05, 0.1) is 10.6 Å². The third-order valence-electron chi connectivity index (χ3n) is 5.17. The summed E-state index contributed by atoms with van der Waals surface area (Å²) in [5.74, 6) is -0.387. The molecule has 0 atom stereocenters. The molecule has 2 heterocycles. The van der Waals surface area contributed by atoms with Crippen molar-refractivity contribution in [3.05, 3.63) is 114 Å². The number of carbonyl (C=O) groups excluding carboxylic acids is 1. The van der Waals surface area contributed by atoms with E-state index in [-0.39, 0.29) is 12.6 Å². The van der Waals surface area contributed by atoms with Crippen LogP contribution in [-0.2, 0) is 16.1 Å². The Morgan fingerprint density at radius 2 is 1.75 bits per heavy atom. The van der Waals surface area contributed by atoms with E-state index in [2.05, 4.69) is 12.1 Å². The lowest BCUT2D eigenvalue weighted by atomic mass is 10.1. The van der Waals surface area contributed by atoms with Gasteiger partial charge in [0, 0.05) is 17.8 Å². The van der Waals surface area contributed by atoms with Crippen molar-refractivity contribution in [2.45, 2.75) is 6.61 Å². The van der Waals surface area contributed by atoms with E-state index in [0.717, 1.165) is 38.2 Å². The van der Waals surface area contributed by atoms with Crippen LogP contribution < -0.4 is 0 Å². The molecule has 2 aromatic heterocycles. The molecule has 5 rings (SSSR count). The van der Waals surface area contributed by atoms with Crippen molar-refractivity contribution >= 4 is 34.2 Å². The fourth-order valence-corrected chi connectivity index (χ4v) is 4.33. The summed E-state index contributed by atoms with van der Waals surface area (Å²) in [6.07, 6.45) is 5.17. The molecule has 0 radical (unpaired) electrons. The van der Waals surface area contributed by atoms with Crippen LogP contribution in [0.5, 0.6) is 0 Å². The summed E-state index contributed by atoms with van der Waals surface area (Å²) in [7, 11) is 0. The number of hydrogen-bond acceptors (Lipinski definition) is 4. The van der Waals surface area contributed by atoms with Crippen molar-refractivity contribution < 1.29 is 9.53 Å². The minimum atomic E-state index is -0.387. The zero-order valence-corrected chi connectivity index (χ0v) is 18.0. The summed E-state index contributed by atoms with van der Waals surface area (Å²) in [6.45, 7) is 0.228. The number of benzene rings is 3. The second-order valence-corrected chi connectivity index (χ2v) is 8.22. The fraction of sp³-hybridized carbons (Fsp3) is 0.0370. The van der Waals surface area contributed by atoms with E-state index in [1.54, 1.807) is 17.4 Å². The molecule has 3 aromatic carbocycles. The molecule has 0 fully saturated rings. The average Bonchev–Trinajstić information content (AvgIpc) is 3.52. The Morgan fingerprint density at radius 1 is 0.938 bits per heavy atom. The van der Waals surface area contributed by atoms with Gasteiger partial charge in [-0.15, -0.1) is 11.3 Å². The van der Waals surface area contributed by atoms with Crippen LogP contribution >= 0.6 is 11.3 Å². The number of nitrogens with zero attached hydrogens (tertiary/aromatic N) is 2. The van der Waals surface area contributed by atoms with E-state index in [4.69, 9.17) is 9.84 Å². The molecule has 0 aliphatic heterocycles. The molecular weight excluding hydrogens is 416 g/mol. The second kappa shape index (κ2) is 9.04. The Morgan fingerprint density at radius 3 is 2.59 bits per heavy atom. The van der Waals surface area contributed by atoms with Crippen molar-refractivity contribution in [3.8, 4) is 16.3 Å². The first-order valence-electron chi connectivity index (χ1n) is 10.3. The number of rotatable bonds is 6. The molecule has 5 aromatic rings. The summed E-state index contributed by atoms with van der Waals surface area (Å²) in [5, 5.41) is 8.99. The first kappa shape index (κ1) is 20.0. The zero-order valence-electron chi connectivity index (χ0n) is 17.2. The lowest BCUT2D eigenvalue weighted by Crippen LogP contribution is -2.01. The van der Waals surface area contributed by atoms with Gasteiger partial charge in [-0.1, -0.05) is 66.7 Å². The maximum atomic E-state index is 12.5. The largest absolute Gasteiger partial charge is 0.458 e. The molecule has 156 valence electrons. The molecule has 32 heavy (non-hydrogen) atoms. The van der Waals surface area contributed by atoms with Crippen LogP contribution in [0.1, 0.15) is 11.1 Å². The summed E-state index contributed by atoms with van der Waals surface area (Å²) >= 11 is 1.62. The topological polar surface area (TPSA) is 44.1 Å². The minimum absolute atomic E-state index is 0.228. The summed E-state index contributed by atoms with van der Waals surface area (Å²) in [4.78, 5) is 13.5. The Hall–Kier alpha value is -3.96. The van der Waals surface area contributed by atoms with Crippen LogP contribution in [0, 0.1) is 0 Å². The van der Waals surface area contributed by atoms with Crippen molar-refractivity contribution in [3.63, 3.8) is 0 Å². The zero-order chi connectivity index (χ0) is 21.8. The van der Waals surface area contributed by atoms with Gasteiger partial charge in [0.25, 0.3) is 0 Å². The van der Waals surface area contributed by atoms with Crippen molar-refractivity contribution in [1.82, 2.24) is 9.78 Å². The maximum absolute atomic E-state index is 12.5. The highest BCUT2D eigenvalue weighted by Crippen LogP contribution is 2.28. The van der Waals surface area contributed by atoms with Crippen LogP contribution in [0.3, 0.4) is 0 Å². The van der Waals surface area contributed by atoms with E-state index < -0.39 is 0 Å². The third kappa shape index (κ3) is 4.24. The summed E-state index contributed by atoms with van der Waals surface area (Å²) in [5.41, 5.74) is 3.64. The standard InChI is InChI=1S/C27H20N2O2S/c30-26(31-19-22-10-6-9-20-8-4-5-13-24(20)22)16-15-21-18-29(23-11-2-1-3-12-23)28-27(21)25-14-7-17-32-25/h1-18H,19H2. The number of hydrogen-bond donors (Lipinski definition) is 0. The van der Waals surface area contributed by atoms with Gasteiger partial charge in [-0.05, 0) is 46.0 Å². The van der Waals surface area contributed by atoms with Gasteiger partial charge in [-0.3, -0.25) is 0 Å². The van der Waals surface area contributed by atoms with Crippen LogP contribution in [0.2, 0.25) is 0 Å². The molecule has 0 spiro atoms. The molecule has 0 aliphatic rings. The number of esters is 1. The third-order valence-corrected chi connectivity index (χ3v) is 6.04.